The number of carbonyl (C=O) groups excluding carboxylic acids is 2. The molecule has 0 radical (unpaired) electrons. The van der Waals surface area contributed by atoms with Crippen LogP contribution in [0, 0.1) is 0 Å². The van der Waals surface area contributed by atoms with E-state index in [1.807, 2.05) is 0 Å². The molecule has 0 spiro atoms. The lowest BCUT2D eigenvalue weighted by Gasteiger charge is -2.14. The van der Waals surface area contributed by atoms with E-state index in [1.54, 1.807) is 0 Å². The first-order valence-electron chi connectivity index (χ1n) is 6.72. The average Bonchev–Trinajstić information content (AvgIpc) is 2.24. The Morgan fingerprint density at radius 3 is 1.14 bits per heavy atom. The van der Waals surface area contributed by atoms with E-state index >= 15 is 0 Å². The highest BCUT2D eigenvalue weighted by molar-refractivity contribution is 5.91. The molecule has 0 unspecified atom stereocenters. The molecule has 0 N–H and O–H groups in total. The number of rotatable bonds is 2. The molecule has 0 aromatic heterocycles. The zero-order chi connectivity index (χ0) is 18.1. The summed E-state index contributed by atoms with van der Waals surface area (Å²) in [5.74, 6) is -2.81. The van der Waals surface area contributed by atoms with Crippen LogP contribution in [0.4, 0.5) is 0 Å². The van der Waals surface area contributed by atoms with Crippen LogP contribution >= 0.6 is 0 Å². The first-order valence-corrected chi connectivity index (χ1v) is 6.72. The third-order valence-electron chi connectivity index (χ3n) is 1.33. The molecule has 0 amide bonds. The Morgan fingerprint density at radius 1 is 0.727 bits per heavy atom. The van der Waals surface area contributed by atoms with Gasteiger partial charge in [-0.3, -0.25) is 0 Å². The van der Waals surface area contributed by atoms with Gasteiger partial charge in [-0.05, 0) is 17.2 Å². The van der Waals surface area contributed by atoms with E-state index in [-0.39, 0.29) is 11.1 Å². The molecule has 0 bridgehead atoms. The van der Waals surface area contributed by atoms with Crippen molar-refractivity contribution in [1.29, 1.82) is 0 Å². The number of carbonyl (C=O) groups is 2. The van der Waals surface area contributed by atoms with Crippen molar-refractivity contribution in [2.45, 2.75) is 0 Å². The Balaban J connectivity index is 0. The van der Waals surface area contributed by atoms with Gasteiger partial charge < -0.3 is 28.8 Å². The van der Waals surface area contributed by atoms with E-state index in [4.69, 9.17) is 0 Å². The van der Waals surface area contributed by atoms with Crippen molar-refractivity contribution in [1.82, 2.24) is 0 Å². The van der Waals surface area contributed by atoms with E-state index in [9.17, 15) is 19.8 Å². The minimum Gasteiger partial charge on any atom is -0.545 e. The van der Waals surface area contributed by atoms with Gasteiger partial charge >= 0.3 is 0 Å². The molecular formula is C16H28N2O4. The third kappa shape index (κ3) is 20.4. The Bertz CT molecular complexity index is 432. The minimum atomic E-state index is -1.40. The van der Waals surface area contributed by atoms with E-state index in [0.717, 1.165) is 15.0 Å². The summed E-state index contributed by atoms with van der Waals surface area (Å²) in [7, 11) is 17.0. The van der Waals surface area contributed by atoms with Gasteiger partial charge in [0.1, 0.15) is 0 Å². The zero-order valence-corrected chi connectivity index (χ0v) is 14.8. The molecule has 0 aliphatic carbocycles. The zero-order valence-electron chi connectivity index (χ0n) is 14.8. The molecule has 1 aromatic carbocycles. The Morgan fingerprint density at radius 2 is 0.955 bits per heavy atom. The van der Waals surface area contributed by atoms with Crippen molar-refractivity contribution in [3.05, 3.63) is 35.4 Å². The number of carboxylic acids is 2. The fourth-order valence-corrected chi connectivity index (χ4v) is 0.773. The van der Waals surface area contributed by atoms with Crippen molar-refractivity contribution in [2.75, 3.05) is 56.4 Å². The molecule has 0 fully saturated rings. The van der Waals surface area contributed by atoms with Crippen LogP contribution in [0.3, 0.4) is 0 Å². The minimum absolute atomic E-state index is 0.170. The van der Waals surface area contributed by atoms with Gasteiger partial charge in [-0.2, -0.15) is 0 Å². The fraction of sp³-hybridized carbons (Fsp3) is 0.500. The summed E-state index contributed by atoms with van der Waals surface area (Å²) < 4.78 is 2.00. The van der Waals surface area contributed by atoms with Crippen molar-refractivity contribution in [2.24, 2.45) is 0 Å². The highest BCUT2D eigenvalue weighted by Gasteiger charge is 1.96. The predicted molar refractivity (Wildman–Crippen MR) is 83.0 cm³/mol. The summed E-state index contributed by atoms with van der Waals surface area (Å²) >= 11 is 0. The molecule has 1 rings (SSSR count). The fourth-order valence-electron chi connectivity index (χ4n) is 0.773. The highest BCUT2D eigenvalue weighted by Crippen LogP contribution is 2.02. The molecule has 0 saturated carbocycles. The molecule has 0 aliphatic rings. The summed E-state index contributed by atoms with van der Waals surface area (Å²) in [6.45, 7) is 0. The maximum Gasteiger partial charge on any atom is 0.0715 e. The van der Waals surface area contributed by atoms with Gasteiger partial charge in [0, 0.05) is 0 Å². The maximum atomic E-state index is 10.3. The number of quaternary nitrogens is 2. The normalized spacial score (nSPS) is 10.5. The second kappa shape index (κ2) is 9.17. The number of carboxylic acid groups (broad SMARTS) is 2. The van der Waals surface area contributed by atoms with Crippen molar-refractivity contribution in [3.8, 4) is 0 Å². The smallest absolute Gasteiger partial charge is 0.0715 e. The van der Waals surface area contributed by atoms with Crippen molar-refractivity contribution >= 4 is 11.9 Å². The molecule has 6 heteroatoms. The van der Waals surface area contributed by atoms with E-state index in [0.29, 0.717) is 0 Å². The summed E-state index contributed by atoms with van der Waals surface area (Å²) in [6.07, 6.45) is 0. The van der Waals surface area contributed by atoms with Gasteiger partial charge in [0.05, 0.1) is 68.3 Å². The Hall–Kier alpha value is -1.92. The molecule has 22 heavy (non-hydrogen) atoms. The van der Waals surface area contributed by atoms with Crippen LogP contribution in [-0.4, -0.2) is 77.3 Å². The van der Waals surface area contributed by atoms with Crippen LogP contribution in [0.15, 0.2) is 24.3 Å². The average molecular weight is 312 g/mol. The molecule has 0 atom stereocenters. The summed E-state index contributed by atoms with van der Waals surface area (Å²) in [4.78, 5) is 20.5. The van der Waals surface area contributed by atoms with Gasteiger partial charge in [-0.25, -0.2) is 0 Å². The lowest BCUT2D eigenvalue weighted by atomic mass is 10.1. The van der Waals surface area contributed by atoms with Crippen LogP contribution in [0.5, 0.6) is 0 Å². The second-order valence-corrected chi connectivity index (χ2v) is 7.52. The molecule has 0 saturated heterocycles. The molecule has 0 aliphatic heterocycles. The number of benzene rings is 1. The first-order chi connectivity index (χ1) is 9.61. The summed E-state index contributed by atoms with van der Waals surface area (Å²) in [5.41, 5.74) is -0.339. The highest BCUT2D eigenvalue weighted by atomic mass is 16.4. The monoisotopic (exact) mass is 312 g/mol. The van der Waals surface area contributed by atoms with Gasteiger partial charge in [0.2, 0.25) is 0 Å². The Kier molecular flexibility index (Phi) is 9.32. The van der Waals surface area contributed by atoms with Gasteiger partial charge in [0.15, 0.2) is 0 Å². The molecule has 1 aromatic rings. The lowest BCUT2D eigenvalue weighted by Crippen LogP contribution is -2.27. The standard InChI is InChI=1S/C8H6O4.2C4H12N/c9-7(10)5-2-1-3-6(4-5)8(11)12;2*1-5(2,3)4/h1-4H,(H,9,10)(H,11,12);2*1-4H3/q;2*+1/p-2. The van der Waals surface area contributed by atoms with Crippen LogP contribution in [0.1, 0.15) is 20.7 Å². The largest absolute Gasteiger partial charge is 0.545 e. The third-order valence-corrected chi connectivity index (χ3v) is 1.33. The quantitative estimate of drug-likeness (QED) is 0.660. The molecule has 0 heterocycles. The van der Waals surface area contributed by atoms with E-state index in [1.165, 1.54) is 18.2 Å². The lowest BCUT2D eigenvalue weighted by molar-refractivity contribution is -0.849. The second-order valence-electron chi connectivity index (χ2n) is 7.52. The maximum absolute atomic E-state index is 10.3. The number of nitrogens with zero attached hydrogens (tertiary/aromatic N) is 2. The van der Waals surface area contributed by atoms with E-state index in [2.05, 4.69) is 56.4 Å². The topological polar surface area (TPSA) is 80.3 Å². The molecular weight excluding hydrogens is 284 g/mol. The van der Waals surface area contributed by atoms with Crippen LogP contribution in [0.2, 0.25) is 0 Å². The van der Waals surface area contributed by atoms with Crippen molar-refractivity contribution < 1.29 is 28.8 Å². The number of aromatic carboxylic acids is 2. The number of hydrogen-bond donors (Lipinski definition) is 0. The summed E-state index contributed by atoms with van der Waals surface area (Å²) in [5, 5.41) is 20.5. The number of hydrogen-bond acceptors (Lipinski definition) is 4. The van der Waals surface area contributed by atoms with Crippen LogP contribution in [0.25, 0.3) is 0 Å². The van der Waals surface area contributed by atoms with E-state index < -0.39 is 11.9 Å². The molecule has 6 nitrogen and oxygen atoms in total. The SMILES string of the molecule is C[N+](C)(C)C.C[N+](C)(C)C.O=C([O-])c1cccc(C(=O)[O-])c1. The van der Waals surface area contributed by atoms with Crippen molar-refractivity contribution in [3.63, 3.8) is 0 Å². The molecule has 126 valence electrons. The van der Waals surface area contributed by atoms with Gasteiger partial charge in [-0.1, -0.05) is 18.2 Å². The van der Waals surface area contributed by atoms with Gasteiger partial charge in [-0.15, -0.1) is 0 Å². The van der Waals surface area contributed by atoms with Crippen LogP contribution in [-0.2, 0) is 0 Å². The van der Waals surface area contributed by atoms with Gasteiger partial charge in [0.25, 0.3) is 0 Å². The van der Waals surface area contributed by atoms with Crippen LogP contribution < -0.4 is 10.2 Å². The predicted octanol–water partition coefficient (Wildman–Crippen LogP) is -0.942. The summed E-state index contributed by atoms with van der Waals surface area (Å²) in [6, 6.07) is 4.81. The first kappa shape index (κ1) is 22.4. The Labute approximate surface area is 133 Å².